The minimum Gasteiger partial charge on any atom is -0.476 e. The summed E-state index contributed by atoms with van der Waals surface area (Å²) < 4.78 is 5.10. The summed E-state index contributed by atoms with van der Waals surface area (Å²) in [5.74, 6) is -1.53. The number of aromatic nitrogens is 4. The second-order valence-corrected chi connectivity index (χ2v) is 7.73. The molecule has 4 aromatic rings. The number of H-pyrrole nitrogens is 2. The van der Waals surface area contributed by atoms with Crippen LogP contribution < -0.4 is 10.9 Å². The Hall–Kier alpha value is -4.49. The molecule has 0 aliphatic rings. The van der Waals surface area contributed by atoms with Crippen molar-refractivity contribution < 1.29 is 24.4 Å². The third kappa shape index (κ3) is 4.90. The summed E-state index contributed by atoms with van der Waals surface area (Å²) >= 11 is 12.0. The van der Waals surface area contributed by atoms with Crippen LogP contribution in [0.15, 0.2) is 41.3 Å². The van der Waals surface area contributed by atoms with Gasteiger partial charge >= 0.3 is 12.1 Å². The summed E-state index contributed by atoms with van der Waals surface area (Å²) in [5.41, 5.74) is -1.80. The van der Waals surface area contributed by atoms with Crippen LogP contribution in [0.4, 0.5) is 16.2 Å². The number of aromatic amines is 2. The number of nitrogens with one attached hydrogen (secondary N) is 3. The number of carbonyl (C=O) groups is 2. The third-order valence-corrected chi connectivity index (χ3v) is 5.27. The van der Waals surface area contributed by atoms with Gasteiger partial charge in [-0.25, -0.2) is 19.6 Å². The number of carboxylic acid groups (broad SMARTS) is 1. The fourth-order valence-electron chi connectivity index (χ4n) is 3.08. The van der Waals surface area contributed by atoms with E-state index in [0.717, 1.165) is 6.07 Å². The molecule has 13 nitrogen and oxygen atoms in total. The fraction of sp³-hybridized carbons (Fsp3) is 0.0500. The van der Waals surface area contributed by atoms with E-state index in [2.05, 4.69) is 25.3 Å². The zero-order chi connectivity index (χ0) is 25.3. The number of rotatable bonds is 6. The minimum atomic E-state index is -1.55. The molecule has 15 heteroatoms. The number of carbonyl (C=O) groups excluding carboxylic acids is 1. The average molecular weight is 519 g/mol. The third-order valence-electron chi connectivity index (χ3n) is 4.64. The molecule has 4 rings (SSSR count). The van der Waals surface area contributed by atoms with Crippen LogP contribution in [0.3, 0.4) is 0 Å². The number of hydrogen-bond acceptors (Lipinski definition) is 8. The second kappa shape index (κ2) is 9.40. The molecule has 1 amide bonds. The zero-order valence-corrected chi connectivity index (χ0v) is 18.7. The van der Waals surface area contributed by atoms with E-state index in [1.807, 2.05) is 0 Å². The quantitative estimate of drug-likeness (QED) is 0.215. The molecule has 0 saturated heterocycles. The number of nitro groups is 1. The van der Waals surface area contributed by atoms with Gasteiger partial charge in [0.25, 0.3) is 11.2 Å². The Balaban J connectivity index is 1.59. The lowest BCUT2D eigenvalue weighted by atomic mass is 10.1. The highest BCUT2D eigenvalue weighted by atomic mass is 35.5. The summed E-state index contributed by atoms with van der Waals surface area (Å²) in [6.45, 7) is -0.281. The number of carboxylic acids is 1. The SMILES string of the molecule is O=C(Nc1c(Cl)cccc1Cl)OCc1cnc(-c2cc3nc(C(=O)O)c(=O)[nH]c3cc2[N+](=O)[O-])[nH]1. The topological polar surface area (TPSA) is 193 Å². The van der Waals surface area contributed by atoms with E-state index >= 15 is 0 Å². The summed E-state index contributed by atoms with van der Waals surface area (Å²) in [4.78, 5) is 59.0. The molecule has 0 radical (unpaired) electrons. The van der Waals surface area contributed by atoms with Crippen molar-refractivity contribution in [1.29, 1.82) is 0 Å². The monoisotopic (exact) mass is 518 g/mol. The number of amides is 1. The number of para-hydroxylation sites is 1. The van der Waals surface area contributed by atoms with Crippen molar-refractivity contribution in [3.8, 4) is 11.4 Å². The van der Waals surface area contributed by atoms with E-state index in [4.69, 9.17) is 33.0 Å². The van der Waals surface area contributed by atoms with Crippen molar-refractivity contribution in [3.63, 3.8) is 0 Å². The molecular weight excluding hydrogens is 507 g/mol. The van der Waals surface area contributed by atoms with E-state index in [1.54, 1.807) is 6.07 Å². The first-order valence-corrected chi connectivity index (χ1v) is 10.3. The van der Waals surface area contributed by atoms with E-state index in [1.165, 1.54) is 24.4 Å². The number of halogens is 2. The molecule has 0 bridgehead atoms. The molecule has 0 spiro atoms. The summed E-state index contributed by atoms with van der Waals surface area (Å²) in [7, 11) is 0. The van der Waals surface area contributed by atoms with Crippen LogP contribution in [0, 0.1) is 10.1 Å². The maximum atomic E-state index is 12.1. The fourth-order valence-corrected chi connectivity index (χ4v) is 3.57. The van der Waals surface area contributed by atoms with Crippen LogP contribution in [0.1, 0.15) is 16.2 Å². The van der Waals surface area contributed by atoms with Crippen LogP contribution in [0.25, 0.3) is 22.4 Å². The predicted molar refractivity (Wildman–Crippen MR) is 124 cm³/mol. The van der Waals surface area contributed by atoms with Crippen molar-refractivity contribution in [1.82, 2.24) is 19.9 Å². The molecule has 0 saturated carbocycles. The number of fused-ring (bicyclic) bond motifs is 1. The van der Waals surface area contributed by atoms with Gasteiger partial charge in [0.1, 0.15) is 12.4 Å². The number of anilines is 1. The van der Waals surface area contributed by atoms with Gasteiger partial charge in [-0.05, 0) is 18.2 Å². The highest BCUT2D eigenvalue weighted by molar-refractivity contribution is 6.39. The van der Waals surface area contributed by atoms with Crippen LogP contribution in [-0.4, -0.2) is 42.0 Å². The highest BCUT2D eigenvalue weighted by Crippen LogP contribution is 2.32. The Kier molecular flexibility index (Phi) is 6.36. The Labute approximate surface area is 203 Å². The van der Waals surface area contributed by atoms with Crippen molar-refractivity contribution in [2.75, 3.05) is 5.32 Å². The van der Waals surface area contributed by atoms with Crippen LogP contribution in [0.5, 0.6) is 0 Å². The number of imidazole rings is 1. The Morgan fingerprint density at radius 1 is 1.20 bits per heavy atom. The maximum absolute atomic E-state index is 12.1. The zero-order valence-electron chi connectivity index (χ0n) is 17.2. The van der Waals surface area contributed by atoms with Crippen LogP contribution in [-0.2, 0) is 11.3 Å². The number of nitro benzene ring substituents is 1. The van der Waals surface area contributed by atoms with Gasteiger partial charge in [0, 0.05) is 6.07 Å². The lowest BCUT2D eigenvalue weighted by Gasteiger charge is -2.09. The van der Waals surface area contributed by atoms with Gasteiger partial charge in [0.05, 0.1) is 49.1 Å². The van der Waals surface area contributed by atoms with E-state index in [0.29, 0.717) is 0 Å². The van der Waals surface area contributed by atoms with Crippen molar-refractivity contribution in [2.24, 2.45) is 0 Å². The molecule has 2 aromatic heterocycles. The molecule has 0 atom stereocenters. The van der Waals surface area contributed by atoms with Gasteiger partial charge < -0.3 is 19.8 Å². The molecule has 2 heterocycles. The molecule has 0 unspecified atom stereocenters. The minimum absolute atomic E-state index is 0.00667. The standard InChI is InChI=1S/C20H12Cl2N6O7/c21-10-2-1-3-11(22)15(10)27-20(32)35-7-8-6-23-17(24-8)9-4-12-13(5-14(9)28(33)34)26-18(29)16(25-12)19(30)31/h1-6H,7H2,(H,23,24)(H,26,29)(H,27,32)(H,30,31). The van der Waals surface area contributed by atoms with Gasteiger partial charge in [-0.3, -0.25) is 20.2 Å². The van der Waals surface area contributed by atoms with Crippen molar-refractivity contribution in [2.45, 2.75) is 6.61 Å². The molecule has 0 aliphatic heterocycles. The van der Waals surface area contributed by atoms with Crippen LogP contribution in [0.2, 0.25) is 10.0 Å². The molecule has 35 heavy (non-hydrogen) atoms. The normalized spacial score (nSPS) is 10.8. The molecule has 0 aliphatic carbocycles. The Morgan fingerprint density at radius 3 is 2.57 bits per heavy atom. The van der Waals surface area contributed by atoms with Gasteiger partial charge in [-0.2, -0.15) is 0 Å². The Morgan fingerprint density at radius 2 is 1.91 bits per heavy atom. The molecule has 4 N–H and O–H groups in total. The Bertz CT molecular complexity index is 1550. The average Bonchev–Trinajstić information content (AvgIpc) is 3.27. The number of benzene rings is 2. The van der Waals surface area contributed by atoms with E-state index in [9.17, 15) is 24.5 Å². The molecule has 0 fully saturated rings. The lowest BCUT2D eigenvalue weighted by Crippen LogP contribution is -2.19. The second-order valence-electron chi connectivity index (χ2n) is 6.92. The molecule has 178 valence electrons. The summed E-state index contributed by atoms with van der Waals surface area (Å²) in [6.07, 6.45) is 0.435. The summed E-state index contributed by atoms with van der Waals surface area (Å²) in [5, 5.41) is 23.6. The van der Waals surface area contributed by atoms with Gasteiger partial charge in [0.15, 0.2) is 0 Å². The number of ether oxygens (including phenoxy) is 1. The largest absolute Gasteiger partial charge is 0.476 e. The van der Waals surface area contributed by atoms with Gasteiger partial charge in [-0.1, -0.05) is 29.3 Å². The van der Waals surface area contributed by atoms with Crippen molar-refractivity contribution in [3.05, 3.63) is 78.4 Å². The number of hydrogen-bond donors (Lipinski definition) is 4. The first-order chi connectivity index (χ1) is 16.6. The summed E-state index contributed by atoms with van der Waals surface area (Å²) in [6, 6.07) is 6.93. The van der Waals surface area contributed by atoms with E-state index in [-0.39, 0.29) is 50.5 Å². The smallest absolute Gasteiger partial charge is 0.412 e. The molecular formula is C20H12Cl2N6O7. The van der Waals surface area contributed by atoms with Crippen LogP contribution >= 0.6 is 23.2 Å². The highest BCUT2D eigenvalue weighted by Gasteiger charge is 2.22. The lowest BCUT2D eigenvalue weighted by molar-refractivity contribution is -0.384. The number of nitrogens with zero attached hydrogens (tertiary/aromatic N) is 3. The van der Waals surface area contributed by atoms with Crippen molar-refractivity contribution >= 4 is 57.7 Å². The van der Waals surface area contributed by atoms with E-state index < -0.39 is 33.9 Å². The first-order valence-electron chi connectivity index (χ1n) is 9.52. The molecule has 2 aromatic carbocycles. The van der Waals surface area contributed by atoms with Gasteiger partial charge in [0.2, 0.25) is 5.69 Å². The first kappa shape index (κ1) is 23.7. The number of aromatic carboxylic acids is 1. The van der Waals surface area contributed by atoms with Gasteiger partial charge in [-0.15, -0.1) is 0 Å². The maximum Gasteiger partial charge on any atom is 0.412 e. The predicted octanol–water partition coefficient (Wildman–Crippen LogP) is 3.98.